The number of rotatable bonds is 5. The minimum atomic E-state index is -0.787. The summed E-state index contributed by atoms with van der Waals surface area (Å²) in [6, 6.07) is 10.2. The van der Waals surface area contributed by atoms with E-state index in [1.807, 2.05) is 30.3 Å². The van der Waals surface area contributed by atoms with Crippen LogP contribution in [0.15, 0.2) is 36.4 Å². The third-order valence-electron chi connectivity index (χ3n) is 3.13. The molecule has 0 aliphatic heterocycles. The Morgan fingerprint density at radius 1 is 1.18 bits per heavy atom. The number of aromatic nitrogens is 2. The molecule has 0 spiro atoms. The molecule has 0 radical (unpaired) electrons. The van der Waals surface area contributed by atoms with Gasteiger partial charge in [-0.15, -0.1) is 0 Å². The highest BCUT2D eigenvalue weighted by molar-refractivity contribution is 5.95. The third kappa shape index (κ3) is 4.12. The monoisotopic (exact) mass is 298 g/mol. The molecule has 1 aromatic carbocycles. The van der Waals surface area contributed by atoms with Crippen molar-refractivity contribution in [3.63, 3.8) is 0 Å². The van der Waals surface area contributed by atoms with E-state index in [-0.39, 0.29) is 5.69 Å². The predicted octanol–water partition coefficient (Wildman–Crippen LogP) is 0.920. The van der Waals surface area contributed by atoms with Crippen LogP contribution in [0.2, 0.25) is 0 Å². The van der Waals surface area contributed by atoms with E-state index in [1.54, 1.807) is 19.9 Å². The fourth-order valence-electron chi connectivity index (χ4n) is 2.14. The smallest absolute Gasteiger partial charge is 0.270 e. The zero-order chi connectivity index (χ0) is 16.1. The summed E-state index contributed by atoms with van der Waals surface area (Å²) in [5, 5.41) is 2.63. The van der Waals surface area contributed by atoms with E-state index in [2.05, 4.69) is 15.3 Å². The van der Waals surface area contributed by atoms with Gasteiger partial charge in [-0.25, -0.2) is 9.97 Å². The molecule has 2 aromatic rings. The Hall–Kier alpha value is -2.76. The fraction of sp³-hybridized carbons (Fsp3) is 0.250. The Balaban J connectivity index is 2.13. The summed E-state index contributed by atoms with van der Waals surface area (Å²) in [7, 11) is 0. The summed E-state index contributed by atoms with van der Waals surface area (Å²) in [5.41, 5.74) is 7.22. The molecule has 22 heavy (non-hydrogen) atoms. The molecule has 0 unspecified atom stereocenters. The number of nitrogens with zero attached hydrogens (tertiary/aromatic N) is 2. The first-order valence-corrected chi connectivity index (χ1v) is 6.92. The fourth-order valence-corrected chi connectivity index (χ4v) is 2.14. The summed E-state index contributed by atoms with van der Waals surface area (Å²) < 4.78 is 0. The van der Waals surface area contributed by atoms with E-state index in [4.69, 9.17) is 5.73 Å². The van der Waals surface area contributed by atoms with Gasteiger partial charge in [0, 0.05) is 12.1 Å². The number of aryl methyl sites for hydroxylation is 2. The minimum Gasteiger partial charge on any atom is -0.368 e. The van der Waals surface area contributed by atoms with Crippen LogP contribution >= 0.6 is 0 Å². The quantitative estimate of drug-likeness (QED) is 0.857. The van der Waals surface area contributed by atoms with Crippen LogP contribution in [0.5, 0.6) is 0 Å². The van der Waals surface area contributed by atoms with Crippen LogP contribution in [-0.2, 0) is 11.2 Å². The molecule has 1 atom stereocenters. The van der Waals surface area contributed by atoms with Gasteiger partial charge in [0.25, 0.3) is 5.91 Å². The van der Waals surface area contributed by atoms with Crippen molar-refractivity contribution in [2.45, 2.75) is 26.3 Å². The van der Waals surface area contributed by atoms with Crippen LogP contribution in [0, 0.1) is 13.8 Å². The van der Waals surface area contributed by atoms with Crippen molar-refractivity contribution >= 4 is 11.8 Å². The molecule has 6 nitrogen and oxygen atoms in total. The van der Waals surface area contributed by atoms with E-state index >= 15 is 0 Å². The molecule has 3 N–H and O–H groups in total. The van der Waals surface area contributed by atoms with E-state index in [9.17, 15) is 9.59 Å². The summed E-state index contributed by atoms with van der Waals surface area (Å²) in [6.07, 6.45) is 0.338. The number of nitrogens with two attached hydrogens (primary N) is 1. The van der Waals surface area contributed by atoms with Crippen molar-refractivity contribution in [3.8, 4) is 0 Å². The van der Waals surface area contributed by atoms with Gasteiger partial charge in [-0.05, 0) is 25.5 Å². The van der Waals surface area contributed by atoms with Gasteiger partial charge >= 0.3 is 0 Å². The molecule has 0 aliphatic rings. The minimum absolute atomic E-state index is 0.226. The molecular formula is C16H18N4O2. The number of primary amides is 1. The second-order valence-electron chi connectivity index (χ2n) is 5.06. The zero-order valence-corrected chi connectivity index (χ0v) is 12.5. The maximum atomic E-state index is 12.2. The maximum Gasteiger partial charge on any atom is 0.270 e. The molecule has 0 bridgehead atoms. The molecule has 6 heteroatoms. The molecule has 0 saturated carbocycles. The van der Waals surface area contributed by atoms with Crippen molar-refractivity contribution in [2.75, 3.05) is 0 Å². The average molecular weight is 298 g/mol. The number of hydrogen-bond donors (Lipinski definition) is 2. The van der Waals surface area contributed by atoms with Gasteiger partial charge in [-0.1, -0.05) is 30.3 Å². The van der Waals surface area contributed by atoms with E-state index in [1.165, 1.54) is 0 Å². The topological polar surface area (TPSA) is 98.0 Å². The second kappa shape index (κ2) is 6.80. The molecule has 114 valence electrons. The summed E-state index contributed by atoms with van der Waals surface area (Å²) in [5.74, 6) is -0.517. The van der Waals surface area contributed by atoms with Crippen LogP contribution in [0.25, 0.3) is 0 Å². The number of hydrogen-bond acceptors (Lipinski definition) is 4. The van der Waals surface area contributed by atoms with Crippen LogP contribution in [0.1, 0.15) is 27.6 Å². The van der Waals surface area contributed by atoms with Gasteiger partial charge in [0.05, 0.1) is 0 Å². The van der Waals surface area contributed by atoms with Gasteiger partial charge in [-0.3, -0.25) is 9.59 Å². The van der Waals surface area contributed by atoms with E-state index in [0.29, 0.717) is 17.9 Å². The van der Waals surface area contributed by atoms with E-state index < -0.39 is 17.9 Å². The lowest BCUT2D eigenvalue weighted by Gasteiger charge is -2.15. The van der Waals surface area contributed by atoms with Crippen LogP contribution in [-0.4, -0.2) is 27.8 Å². The lowest BCUT2D eigenvalue weighted by Crippen LogP contribution is -2.46. The highest BCUT2D eigenvalue weighted by atomic mass is 16.2. The Morgan fingerprint density at radius 2 is 1.86 bits per heavy atom. The third-order valence-corrected chi connectivity index (χ3v) is 3.13. The van der Waals surface area contributed by atoms with E-state index in [0.717, 1.165) is 5.56 Å². The highest BCUT2D eigenvalue weighted by Gasteiger charge is 2.20. The first-order valence-electron chi connectivity index (χ1n) is 6.92. The Morgan fingerprint density at radius 3 is 2.45 bits per heavy atom. The van der Waals surface area contributed by atoms with Gasteiger partial charge in [-0.2, -0.15) is 0 Å². The molecular weight excluding hydrogens is 280 g/mol. The summed E-state index contributed by atoms with van der Waals surface area (Å²) in [6.45, 7) is 3.49. The van der Waals surface area contributed by atoms with Crippen molar-refractivity contribution in [1.29, 1.82) is 0 Å². The maximum absolute atomic E-state index is 12.2. The standard InChI is InChI=1S/C16H18N4O2/c1-10-8-14(19-11(2)18-10)16(22)20-13(15(17)21)9-12-6-4-3-5-7-12/h3-8,13H,9H2,1-2H3,(H2,17,21)(H,20,22)/t13-/m0/s1. The van der Waals surface area contributed by atoms with Gasteiger partial charge in [0.1, 0.15) is 17.6 Å². The van der Waals surface area contributed by atoms with Crippen molar-refractivity contribution in [1.82, 2.24) is 15.3 Å². The predicted molar refractivity (Wildman–Crippen MR) is 82.1 cm³/mol. The Labute approximate surface area is 128 Å². The normalized spacial score (nSPS) is 11.7. The van der Waals surface area contributed by atoms with Gasteiger partial charge < -0.3 is 11.1 Å². The lowest BCUT2D eigenvalue weighted by molar-refractivity contribution is -0.119. The Kier molecular flexibility index (Phi) is 4.83. The summed E-state index contributed by atoms with van der Waals surface area (Å²) in [4.78, 5) is 32.0. The lowest BCUT2D eigenvalue weighted by atomic mass is 10.1. The molecule has 0 fully saturated rings. The average Bonchev–Trinajstić information content (AvgIpc) is 2.46. The Bertz CT molecular complexity index is 666. The molecule has 2 amide bonds. The number of benzene rings is 1. The number of nitrogens with one attached hydrogen (secondary N) is 1. The van der Waals surface area contributed by atoms with Crippen LogP contribution in [0.3, 0.4) is 0 Å². The summed E-state index contributed by atoms with van der Waals surface area (Å²) >= 11 is 0. The molecule has 2 rings (SSSR count). The largest absolute Gasteiger partial charge is 0.368 e. The first-order chi connectivity index (χ1) is 10.5. The molecule has 0 aliphatic carbocycles. The highest BCUT2D eigenvalue weighted by Crippen LogP contribution is 2.05. The SMILES string of the molecule is Cc1cc(C(=O)N[C@@H](Cc2ccccc2)C(N)=O)nc(C)n1. The zero-order valence-electron chi connectivity index (χ0n) is 12.5. The molecule has 1 aromatic heterocycles. The first kappa shape index (κ1) is 15.6. The number of amides is 2. The van der Waals surface area contributed by atoms with Gasteiger partial charge in [0.15, 0.2) is 0 Å². The molecule has 0 saturated heterocycles. The molecule has 1 heterocycles. The van der Waals surface area contributed by atoms with Crippen LogP contribution < -0.4 is 11.1 Å². The van der Waals surface area contributed by atoms with Crippen molar-refractivity contribution in [2.24, 2.45) is 5.73 Å². The number of carbonyl (C=O) groups is 2. The number of carbonyl (C=O) groups excluding carboxylic acids is 2. The van der Waals surface area contributed by atoms with Gasteiger partial charge in [0.2, 0.25) is 5.91 Å². The second-order valence-corrected chi connectivity index (χ2v) is 5.06. The van der Waals surface area contributed by atoms with Crippen molar-refractivity contribution < 1.29 is 9.59 Å². The van der Waals surface area contributed by atoms with Crippen LogP contribution in [0.4, 0.5) is 0 Å². The van der Waals surface area contributed by atoms with Crippen molar-refractivity contribution in [3.05, 3.63) is 59.2 Å².